The summed E-state index contributed by atoms with van der Waals surface area (Å²) in [5.41, 5.74) is 0. The van der Waals surface area contributed by atoms with Crippen molar-refractivity contribution >= 4 is 36.0 Å². The van der Waals surface area contributed by atoms with Gasteiger partial charge in [-0.25, -0.2) is 4.98 Å². The van der Waals surface area contributed by atoms with E-state index in [0.717, 1.165) is 0 Å². The average Bonchev–Trinajstić information content (AvgIpc) is 2.60. The summed E-state index contributed by atoms with van der Waals surface area (Å²) < 4.78 is 0. The topological polar surface area (TPSA) is 46.1 Å². The molecule has 1 amide bonds. The normalized spacial score (nSPS) is 21.1. The molecule has 80 valence electrons. The van der Waals surface area contributed by atoms with E-state index in [1.54, 1.807) is 11.1 Å². The van der Waals surface area contributed by atoms with Crippen molar-refractivity contribution in [2.45, 2.75) is 6.42 Å². The second kappa shape index (κ2) is 4.37. The molecule has 1 unspecified atom stereocenters. The van der Waals surface area contributed by atoms with Crippen molar-refractivity contribution in [2.75, 3.05) is 17.2 Å². The van der Waals surface area contributed by atoms with Crippen LogP contribution in [0.4, 0.5) is 5.82 Å². The Balaban J connectivity index is 2.21. The Labute approximate surface area is 98.1 Å². The van der Waals surface area contributed by atoms with E-state index < -0.39 is 0 Å². The summed E-state index contributed by atoms with van der Waals surface area (Å²) in [6.45, 7) is 0.650. The number of carbonyl (C=O) groups excluding carboxylic acids is 1. The van der Waals surface area contributed by atoms with E-state index in [2.05, 4.69) is 22.6 Å². The Morgan fingerprint density at radius 2 is 2.40 bits per heavy atom. The average molecular weight is 244 g/mol. The van der Waals surface area contributed by atoms with Crippen molar-refractivity contribution in [3.8, 4) is 0 Å². The lowest BCUT2D eigenvalue weighted by Crippen LogP contribution is -2.25. The van der Waals surface area contributed by atoms with Crippen molar-refractivity contribution in [1.82, 2.24) is 9.97 Å². The highest BCUT2D eigenvalue weighted by atomic mass is 35.5. The number of halogens is 1. The minimum Gasteiger partial charge on any atom is -0.295 e. The van der Waals surface area contributed by atoms with Crippen LogP contribution in [0.3, 0.4) is 0 Å². The molecule has 1 atom stereocenters. The van der Waals surface area contributed by atoms with Crippen LogP contribution in [0.25, 0.3) is 0 Å². The second-order valence-electron chi connectivity index (χ2n) is 3.46. The molecule has 4 nitrogen and oxygen atoms in total. The van der Waals surface area contributed by atoms with Gasteiger partial charge < -0.3 is 0 Å². The molecule has 1 aromatic heterocycles. The molecule has 0 radical (unpaired) electrons. The molecule has 2 rings (SSSR count). The maximum atomic E-state index is 11.6. The molecule has 0 saturated carbocycles. The van der Waals surface area contributed by atoms with Gasteiger partial charge in [0.25, 0.3) is 0 Å². The van der Waals surface area contributed by atoms with Crippen molar-refractivity contribution < 1.29 is 4.79 Å². The van der Waals surface area contributed by atoms with Crippen LogP contribution in [0.15, 0.2) is 12.4 Å². The fourth-order valence-electron chi connectivity index (χ4n) is 1.59. The molecular formula is C9H10ClN3OS. The van der Waals surface area contributed by atoms with Crippen molar-refractivity contribution in [1.29, 1.82) is 0 Å². The van der Waals surface area contributed by atoms with Gasteiger partial charge in [0.1, 0.15) is 5.15 Å². The number of carbonyl (C=O) groups is 1. The maximum absolute atomic E-state index is 11.6. The first-order valence-corrected chi connectivity index (χ1v) is 5.60. The molecule has 1 saturated heterocycles. The van der Waals surface area contributed by atoms with Crippen LogP contribution in [0.2, 0.25) is 5.15 Å². The van der Waals surface area contributed by atoms with Gasteiger partial charge in [0, 0.05) is 13.0 Å². The molecule has 0 spiro atoms. The number of anilines is 1. The van der Waals surface area contributed by atoms with Crippen LogP contribution in [-0.2, 0) is 4.79 Å². The van der Waals surface area contributed by atoms with Crippen LogP contribution < -0.4 is 4.90 Å². The molecule has 6 heteroatoms. The van der Waals surface area contributed by atoms with Crippen molar-refractivity contribution in [2.24, 2.45) is 5.92 Å². The number of hydrogen-bond donors (Lipinski definition) is 1. The zero-order chi connectivity index (χ0) is 10.8. The fourth-order valence-corrected chi connectivity index (χ4v) is 1.98. The van der Waals surface area contributed by atoms with Crippen LogP contribution in [0.5, 0.6) is 0 Å². The van der Waals surface area contributed by atoms with E-state index in [0.29, 0.717) is 35.6 Å². The summed E-state index contributed by atoms with van der Waals surface area (Å²) in [4.78, 5) is 21.2. The van der Waals surface area contributed by atoms with Gasteiger partial charge in [0.15, 0.2) is 5.82 Å². The SMILES string of the molecule is O=C1CC(CS)CN1c1cncc(Cl)n1. The van der Waals surface area contributed by atoms with E-state index in [-0.39, 0.29) is 5.91 Å². The van der Waals surface area contributed by atoms with E-state index in [4.69, 9.17) is 11.6 Å². The molecule has 1 aliphatic heterocycles. The summed E-state index contributed by atoms with van der Waals surface area (Å²) in [5, 5.41) is 0.301. The predicted octanol–water partition coefficient (Wildman–Crippen LogP) is 1.41. The lowest BCUT2D eigenvalue weighted by Gasteiger charge is -2.14. The first-order valence-electron chi connectivity index (χ1n) is 4.59. The quantitative estimate of drug-likeness (QED) is 0.799. The Morgan fingerprint density at radius 1 is 1.60 bits per heavy atom. The highest BCUT2D eigenvalue weighted by Gasteiger charge is 2.30. The third-order valence-electron chi connectivity index (χ3n) is 2.33. The number of hydrogen-bond acceptors (Lipinski definition) is 4. The largest absolute Gasteiger partial charge is 0.295 e. The summed E-state index contributed by atoms with van der Waals surface area (Å²) in [6, 6.07) is 0. The number of thiol groups is 1. The molecule has 0 aromatic carbocycles. The van der Waals surface area contributed by atoms with Gasteiger partial charge in [-0.05, 0) is 11.7 Å². The van der Waals surface area contributed by atoms with Gasteiger partial charge >= 0.3 is 0 Å². The van der Waals surface area contributed by atoms with E-state index in [1.807, 2.05) is 0 Å². The van der Waals surface area contributed by atoms with E-state index >= 15 is 0 Å². The van der Waals surface area contributed by atoms with Gasteiger partial charge in [0.2, 0.25) is 5.91 Å². The minimum absolute atomic E-state index is 0.0608. The highest BCUT2D eigenvalue weighted by Crippen LogP contribution is 2.24. The van der Waals surface area contributed by atoms with Gasteiger partial charge in [-0.15, -0.1) is 0 Å². The van der Waals surface area contributed by atoms with Crippen LogP contribution in [0, 0.1) is 5.92 Å². The monoisotopic (exact) mass is 243 g/mol. The highest BCUT2D eigenvalue weighted by molar-refractivity contribution is 7.80. The van der Waals surface area contributed by atoms with E-state index in [1.165, 1.54) is 6.20 Å². The first kappa shape index (κ1) is 10.7. The number of nitrogens with zero attached hydrogens (tertiary/aromatic N) is 3. The van der Waals surface area contributed by atoms with E-state index in [9.17, 15) is 4.79 Å². The molecule has 0 N–H and O–H groups in total. The summed E-state index contributed by atoms with van der Waals surface area (Å²) in [6.07, 6.45) is 3.52. The van der Waals surface area contributed by atoms with Crippen molar-refractivity contribution in [3.63, 3.8) is 0 Å². The molecule has 0 aliphatic carbocycles. The third-order valence-corrected chi connectivity index (χ3v) is 3.03. The van der Waals surface area contributed by atoms with Gasteiger partial charge in [-0.3, -0.25) is 14.7 Å². The fraction of sp³-hybridized carbons (Fsp3) is 0.444. The molecule has 2 heterocycles. The Morgan fingerprint density at radius 3 is 3.00 bits per heavy atom. The summed E-state index contributed by atoms with van der Waals surface area (Å²) in [5.74, 6) is 1.58. The Bertz CT molecular complexity index is 387. The van der Waals surface area contributed by atoms with Gasteiger partial charge in [0.05, 0.1) is 12.4 Å². The molecule has 1 aromatic rings. The van der Waals surface area contributed by atoms with Gasteiger partial charge in [-0.1, -0.05) is 11.6 Å². The zero-order valence-electron chi connectivity index (χ0n) is 7.93. The zero-order valence-corrected chi connectivity index (χ0v) is 9.58. The number of aromatic nitrogens is 2. The van der Waals surface area contributed by atoms with Crippen LogP contribution in [-0.4, -0.2) is 28.2 Å². The second-order valence-corrected chi connectivity index (χ2v) is 4.21. The smallest absolute Gasteiger partial charge is 0.228 e. The lowest BCUT2D eigenvalue weighted by atomic mass is 10.1. The minimum atomic E-state index is 0.0608. The standard InChI is InChI=1S/C9H10ClN3OS/c10-7-2-11-3-8(12-7)13-4-6(5-15)1-9(13)14/h2-3,6,15H,1,4-5H2. The lowest BCUT2D eigenvalue weighted by molar-refractivity contribution is -0.117. The Kier molecular flexibility index (Phi) is 3.11. The molecule has 15 heavy (non-hydrogen) atoms. The summed E-state index contributed by atoms with van der Waals surface area (Å²) in [7, 11) is 0. The first-order chi connectivity index (χ1) is 7.20. The summed E-state index contributed by atoms with van der Waals surface area (Å²) >= 11 is 9.90. The number of amides is 1. The molecular weight excluding hydrogens is 234 g/mol. The third kappa shape index (κ3) is 2.23. The molecule has 1 fully saturated rings. The van der Waals surface area contributed by atoms with Crippen LogP contribution >= 0.6 is 24.2 Å². The maximum Gasteiger partial charge on any atom is 0.228 e. The number of rotatable bonds is 2. The Hall–Kier alpha value is -0.810. The van der Waals surface area contributed by atoms with Gasteiger partial charge in [-0.2, -0.15) is 12.6 Å². The van der Waals surface area contributed by atoms with Crippen LogP contribution in [0.1, 0.15) is 6.42 Å². The molecule has 0 bridgehead atoms. The predicted molar refractivity (Wildman–Crippen MR) is 61.4 cm³/mol. The van der Waals surface area contributed by atoms with Crippen molar-refractivity contribution in [3.05, 3.63) is 17.5 Å². The molecule has 1 aliphatic rings.